The van der Waals surface area contributed by atoms with Gasteiger partial charge >= 0.3 is 5.97 Å². The van der Waals surface area contributed by atoms with Gasteiger partial charge in [-0.15, -0.1) is 11.6 Å². The fraction of sp³-hybridized carbons (Fsp3) is 0.900. The number of aliphatic hydroxyl groups is 1. The Hall–Kier alpha value is -0.280. The van der Waals surface area contributed by atoms with Crippen molar-refractivity contribution in [3.05, 3.63) is 0 Å². The molecule has 1 N–H and O–H groups in total. The van der Waals surface area contributed by atoms with Crippen LogP contribution in [0.4, 0.5) is 0 Å². The Kier molecular flexibility index (Phi) is 9.10. The van der Waals surface area contributed by atoms with Crippen LogP contribution in [0.15, 0.2) is 0 Å². The van der Waals surface area contributed by atoms with Crippen molar-refractivity contribution >= 4 is 17.6 Å². The van der Waals surface area contributed by atoms with Gasteiger partial charge in [0.05, 0.1) is 0 Å². The zero-order valence-electron chi connectivity index (χ0n) is 8.67. The Bertz CT molecular complexity index is 148. The van der Waals surface area contributed by atoms with E-state index in [-0.39, 0.29) is 5.97 Å². The molecule has 0 spiro atoms. The normalized spacial score (nSPS) is 12.5. The summed E-state index contributed by atoms with van der Waals surface area (Å²) in [5.41, 5.74) is 0. The highest BCUT2D eigenvalue weighted by Crippen LogP contribution is 2.07. The second-order valence-corrected chi connectivity index (χ2v) is 3.67. The van der Waals surface area contributed by atoms with Gasteiger partial charge in [-0.25, -0.2) is 0 Å². The maximum atomic E-state index is 10.9. The molecule has 3 nitrogen and oxygen atoms in total. The van der Waals surface area contributed by atoms with E-state index in [1.54, 1.807) is 0 Å². The zero-order valence-corrected chi connectivity index (χ0v) is 9.42. The third-order valence-electron chi connectivity index (χ3n) is 1.82. The van der Waals surface area contributed by atoms with Gasteiger partial charge < -0.3 is 9.84 Å². The standard InChI is InChI=1S/C10H19ClO3/c1-9(12)14-10(13)7-5-3-2-4-6-8-11/h9,12H,2-8H2,1H3. The molecule has 0 aromatic heterocycles. The molecule has 0 fully saturated rings. The van der Waals surface area contributed by atoms with Gasteiger partial charge in [-0.3, -0.25) is 4.79 Å². The van der Waals surface area contributed by atoms with E-state index in [1.807, 2.05) is 0 Å². The molecule has 4 heteroatoms. The van der Waals surface area contributed by atoms with Crippen molar-refractivity contribution in [2.24, 2.45) is 0 Å². The van der Waals surface area contributed by atoms with Crippen molar-refractivity contribution in [1.82, 2.24) is 0 Å². The van der Waals surface area contributed by atoms with Crippen LogP contribution < -0.4 is 0 Å². The van der Waals surface area contributed by atoms with Gasteiger partial charge in [0.25, 0.3) is 0 Å². The van der Waals surface area contributed by atoms with Crippen molar-refractivity contribution in [1.29, 1.82) is 0 Å². The highest BCUT2D eigenvalue weighted by molar-refractivity contribution is 6.17. The Morgan fingerprint density at radius 3 is 2.43 bits per heavy atom. The SMILES string of the molecule is CC(O)OC(=O)CCCCCCCCl. The summed E-state index contributed by atoms with van der Waals surface area (Å²) in [6.07, 6.45) is 4.52. The first-order valence-electron chi connectivity index (χ1n) is 5.10. The van der Waals surface area contributed by atoms with Crippen LogP contribution in [-0.2, 0) is 9.53 Å². The van der Waals surface area contributed by atoms with Crippen LogP contribution in [0.3, 0.4) is 0 Å². The molecule has 0 aliphatic heterocycles. The van der Waals surface area contributed by atoms with Crippen LogP contribution in [0.25, 0.3) is 0 Å². The first-order valence-corrected chi connectivity index (χ1v) is 5.63. The molecule has 0 saturated carbocycles. The van der Waals surface area contributed by atoms with Gasteiger partial charge in [-0.1, -0.05) is 19.3 Å². The summed E-state index contributed by atoms with van der Waals surface area (Å²) in [6, 6.07) is 0. The molecule has 84 valence electrons. The van der Waals surface area contributed by atoms with Crippen molar-refractivity contribution in [3.8, 4) is 0 Å². The fourth-order valence-electron chi connectivity index (χ4n) is 1.14. The van der Waals surface area contributed by atoms with Crippen LogP contribution in [0.5, 0.6) is 0 Å². The van der Waals surface area contributed by atoms with Crippen molar-refractivity contribution in [2.45, 2.75) is 51.7 Å². The minimum Gasteiger partial charge on any atom is -0.436 e. The van der Waals surface area contributed by atoms with Crippen LogP contribution in [0.2, 0.25) is 0 Å². The van der Waals surface area contributed by atoms with E-state index >= 15 is 0 Å². The first kappa shape index (κ1) is 13.7. The van der Waals surface area contributed by atoms with Crippen LogP contribution in [0, 0.1) is 0 Å². The monoisotopic (exact) mass is 222 g/mol. The number of hydrogen-bond acceptors (Lipinski definition) is 3. The highest BCUT2D eigenvalue weighted by atomic mass is 35.5. The number of carbonyl (C=O) groups excluding carboxylic acids is 1. The lowest BCUT2D eigenvalue weighted by Crippen LogP contribution is -2.13. The van der Waals surface area contributed by atoms with Crippen molar-refractivity contribution < 1.29 is 14.6 Å². The van der Waals surface area contributed by atoms with Crippen LogP contribution in [-0.4, -0.2) is 23.2 Å². The van der Waals surface area contributed by atoms with Gasteiger partial charge in [0.1, 0.15) is 0 Å². The number of aliphatic hydroxyl groups excluding tert-OH is 1. The molecule has 14 heavy (non-hydrogen) atoms. The third kappa shape index (κ3) is 9.81. The summed E-state index contributed by atoms with van der Waals surface area (Å²) >= 11 is 5.52. The number of alkyl halides is 1. The lowest BCUT2D eigenvalue weighted by Gasteiger charge is -2.06. The van der Waals surface area contributed by atoms with Gasteiger partial charge in [-0.05, 0) is 19.8 Å². The predicted molar refractivity (Wildman–Crippen MR) is 56.2 cm³/mol. The number of carbonyl (C=O) groups is 1. The largest absolute Gasteiger partial charge is 0.436 e. The lowest BCUT2D eigenvalue weighted by atomic mass is 10.1. The zero-order chi connectivity index (χ0) is 10.8. The molecule has 0 radical (unpaired) electrons. The van der Waals surface area contributed by atoms with E-state index in [4.69, 9.17) is 16.7 Å². The lowest BCUT2D eigenvalue weighted by molar-refractivity contribution is -0.164. The van der Waals surface area contributed by atoms with Crippen LogP contribution >= 0.6 is 11.6 Å². The van der Waals surface area contributed by atoms with Crippen molar-refractivity contribution in [3.63, 3.8) is 0 Å². The van der Waals surface area contributed by atoms with Gasteiger partial charge in [0.15, 0.2) is 6.29 Å². The summed E-state index contributed by atoms with van der Waals surface area (Å²) in [5, 5.41) is 8.74. The van der Waals surface area contributed by atoms with E-state index < -0.39 is 6.29 Å². The van der Waals surface area contributed by atoms with E-state index in [0.717, 1.165) is 32.1 Å². The molecule has 1 atom stereocenters. The number of esters is 1. The van der Waals surface area contributed by atoms with E-state index in [9.17, 15) is 4.79 Å². The molecule has 0 heterocycles. The average Bonchev–Trinajstić information content (AvgIpc) is 2.10. The fourth-order valence-corrected chi connectivity index (χ4v) is 1.33. The molecular formula is C10H19ClO3. The Morgan fingerprint density at radius 2 is 1.86 bits per heavy atom. The quantitative estimate of drug-likeness (QED) is 0.297. The highest BCUT2D eigenvalue weighted by Gasteiger charge is 2.05. The molecular weight excluding hydrogens is 204 g/mol. The predicted octanol–water partition coefficient (Wildman–Crippen LogP) is 2.45. The van der Waals surface area contributed by atoms with E-state index in [0.29, 0.717) is 12.3 Å². The third-order valence-corrected chi connectivity index (χ3v) is 2.08. The minimum atomic E-state index is -0.987. The number of ether oxygens (including phenoxy) is 1. The smallest absolute Gasteiger partial charge is 0.308 e. The maximum Gasteiger partial charge on any atom is 0.308 e. The summed E-state index contributed by atoms with van der Waals surface area (Å²) < 4.78 is 4.57. The number of rotatable bonds is 8. The van der Waals surface area contributed by atoms with Gasteiger partial charge in [0.2, 0.25) is 0 Å². The van der Waals surface area contributed by atoms with Gasteiger partial charge in [0, 0.05) is 12.3 Å². The van der Waals surface area contributed by atoms with E-state index in [1.165, 1.54) is 6.92 Å². The summed E-state index contributed by atoms with van der Waals surface area (Å²) in [5.74, 6) is 0.390. The van der Waals surface area contributed by atoms with Gasteiger partial charge in [-0.2, -0.15) is 0 Å². The molecule has 0 saturated heterocycles. The van der Waals surface area contributed by atoms with E-state index in [2.05, 4.69) is 4.74 Å². The Labute approximate surface area is 90.4 Å². The topological polar surface area (TPSA) is 46.5 Å². The molecule has 0 bridgehead atoms. The van der Waals surface area contributed by atoms with Crippen LogP contribution in [0.1, 0.15) is 45.4 Å². The summed E-state index contributed by atoms with van der Waals surface area (Å²) in [6.45, 7) is 1.43. The molecule has 1 unspecified atom stereocenters. The molecule has 0 aromatic rings. The average molecular weight is 223 g/mol. The minimum absolute atomic E-state index is 0.322. The second-order valence-electron chi connectivity index (χ2n) is 3.30. The Balaban J connectivity index is 3.15. The molecule has 0 rings (SSSR count). The molecule has 0 aliphatic carbocycles. The summed E-state index contributed by atoms with van der Waals surface area (Å²) in [7, 11) is 0. The Morgan fingerprint density at radius 1 is 1.29 bits per heavy atom. The molecule has 0 aromatic carbocycles. The number of unbranched alkanes of at least 4 members (excludes halogenated alkanes) is 4. The molecule has 0 aliphatic rings. The maximum absolute atomic E-state index is 10.9. The number of halogens is 1. The first-order chi connectivity index (χ1) is 6.66. The molecule has 0 amide bonds. The summed E-state index contributed by atoms with van der Waals surface area (Å²) in [4.78, 5) is 10.9. The number of hydrogen-bond donors (Lipinski definition) is 1. The van der Waals surface area contributed by atoms with Crippen molar-refractivity contribution in [2.75, 3.05) is 5.88 Å². The second kappa shape index (κ2) is 9.28.